The van der Waals surface area contributed by atoms with E-state index in [-0.39, 0.29) is 0 Å². The Morgan fingerprint density at radius 3 is 2.71 bits per heavy atom. The highest BCUT2D eigenvalue weighted by molar-refractivity contribution is 9.11. The molecule has 1 aromatic heterocycles. The summed E-state index contributed by atoms with van der Waals surface area (Å²) in [5.74, 6) is 0. The Bertz CT molecular complexity index is 511. The summed E-state index contributed by atoms with van der Waals surface area (Å²) in [7, 11) is 0. The van der Waals surface area contributed by atoms with Crippen molar-refractivity contribution in [2.45, 2.75) is 6.92 Å². The number of rotatable bonds is 0. The smallest absolute Gasteiger partial charge is 0.0870 e. The zero-order chi connectivity index (χ0) is 10.3. The number of benzene rings is 1. The summed E-state index contributed by atoms with van der Waals surface area (Å²) in [5, 5.41) is 1.71. The van der Waals surface area contributed by atoms with E-state index in [0.717, 1.165) is 30.4 Å². The van der Waals surface area contributed by atoms with Crippen LogP contribution in [0.3, 0.4) is 0 Å². The molecule has 14 heavy (non-hydrogen) atoms. The van der Waals surface area contributed by atoms with Crippen molar-refractivity contribution in [3.05, 3.63) is 37.9 Å². The zero-order valence-electron chi connectivity index (χ0n) is 7.31. The van der Waals surface area contributed by atoms with E-state index in [1.54, 1.807) is 6.20 Å². The van der Waals surface area contributed by atoms with Gasteiger partial charge in [-0.1, -0.05) is 11.6 Å². The molecule has 0 saturated heterocycles. The lowest BCUT2D eigenvalue weighted by atomic mass is 10.1. The van der Waals surface area contributed by atoms with Crippen LogP contribution in [0.4, 0.5) is 0 Å². The van der Waals surface area contributed by atoms with Crippen LogP contribution in [0.15, 0.2) is 27.3 Å². The van der Waals surface area contributed by atoms with Crippen molar-refractivity contribution in [2.75, 3.05) is 0 Å². The summed E-state index contributed by atoms with van der Waals surface area (Å²) in [4.78, 5) is 4.28. The molecule has 1 nitrogen and oxygen atoms in total. The first-order chi connectivity index (χ1) is 6.61. The summed E-state index contributed by atoms with van der Waals surface area (Å²) in [6, 6.07) is 3.87. The van der Waals surface area contributed by atoms with Gasteiger partial charge in [0.15, 0.2) is 0 Å². The normalized spacial score (nSPS) is 10.9. The minimum atomic E-state index is 0.753. The average molecular weight is 335 g/mol. The lowest BCUT2D eigenvalue weighted by molar-refractivity contribution is 1.37. The molecule has 0 fully saturated rings. The summed E-state index contributed by atoms with van der Waals surface area (Å²) >= 11 is 13.2. The summed E-state index contributed by atoms with van der Waals surface area (Å²) in [6.07, 6.45) is 1.75. The van der Waals surface area contributed by atoms with Crippen molar-refractivity contribution in [3.8, 4) is 0 Å². The predicted octanol–water partition coefficient (Wildman–Crippen LogP) is 4.72. The third-order valence-corrected chi connectivity index (χ3v) is 3.79. The maximum atomic E-state index is 6.21. The SMILES string of the molecule is Cc1cc(Br)c2nccc(Br)c2c1Cl. The van der Waals surface area contributed by atoms with Crippen LogP contribution in [-0.2, 0) is 0 Å². The van der Waals surface area contributed by atoms with E-state index in [1.165, 1.54) is 0 Å². The molecule has 4 heteroatoms. The Hall–Kier alpha value is -0.120. The minimum absolute atomic E-state index is 0.753. The monoisotopic (exact) mass is 333 g/mol. The van der Waals surface area contributed by atoms with E-state index < -0.39 is 0 Å². The van der Waals surface area contributed by atoms with Crippen LogP contribution in [0.1, 0.15) is 5.56 Å². The maximum Gasteiger partial charge on any atom is 0.0870 e. The van der Waals surface area contributed by atoms with E-state index in [9.17, 15) is 0 Å². The number of aryl methyl sites for hydroxylation is 1. The first-order valence-electron chi connectivity index (χ1n) is 4.00. The number of pyridine rings is 1. The van der Waals surface area contributed by atoms with E-state index in [4.69, 9.17) is 11.6 Å². The van der Waals surface area contributed by atoms with Gasteiger partial charge in [0.1, 0.15) is 0 Å². The van der Waals surface area contributed by atoms with E-state index >= 15 is 0 Å². The number of aromatic nitrogens is 1. The van der Waals surface area contributed by atoms with Gasteiger partial charge in [-0.15, -0.1) is 0 Å². The molecule has 0 saturated carbocycles. The number of nitrogens with zero attached hydrogens (tertiary/aromatic N) is 1. The van der Waals surface area contributed by atoms with Crippen molar-refractivity contribution in [3.63, 3.8) is 0 Å². The van der Waals surface area contributed by atoms with Gasteiger partial charge in [0.25, 0.3) is 0 Å². The standard InChI is InChI=1S/C10H6Br2ClN/c1-5-4-7(12)10-8(9(5)13)6(11)2-3-14-10/h2-4H,1H3. The highest BCUT2D eigenvalue weighted by Crippen LogP contribution is 2.35. The fourth-order valence-electron chi connectivity index (χ4n) is 1.35. The second-order valence-corrected chi connectivity index (χ2v) is 5.09. The number of halogens is 3. The zero-order valence-corrected chi connectivity index (χ0v) is 11.2. The van der Waals surface area contributed by atoms with Gasteiger partial charge < -0.3 is 0 Å². The molecule has 0 unspecified atom stereocenters. The molecule has 0 aliphatic rings. The van der Waals surface area contributed by atoms with Crippen molar-refractivity contribution < 1.29 is 0 Å². The van der Waals surface area contributed by atoms with E-state index in [0.29, 0.717) is 0 Å². The molecule has 0 spiro atoms. The van der Waals surface area contributed by atoms with Crippen LogP contribution >= 0.6 is 43.5 Å². The molecular formula is C10H6Br2ClN. The molecule has 1 aromatic carbocycles. The molecule has 2 aromatic rings. The summed E-state index contributed by atoms with van der Waals surface area (Å²) in [5.41, 5.74) is 1.93. The Morgan fingerprint density at radius 1 is 1.29 bits per heavy atom. The van der Waals surface area contributed by atoms with Crippen LogP contribution in [-0.4, -0.2) is 4.98 Å². The van der Waals surface area contributed by atoms with Gasteiger partial charge in [0, 0.05) is 20.5 Å². The highest BCUT2D eigenvalue weighted by atomic mass is 79.9. The fourth-order valence-corrected chi connectivity index (χ4v) is 2.86. The summed E-state index contributed by atoms with van der Waals surface area (Å²) < 4.78 is 1.94. The van der Waals surface area contributed by atoms with Crippen LogP contribution in [0, 0.1) is 6.92 Å². The first kappa shape index (κ1) is 10.4. The Kier molecular flexibility index (Phi) is 2.82. The first-order valence-corrected chi connectivity index (χ1v) is 5.96. The third kappa shape index (κ3) is 1.58. The molecule has 72 valence electrons. The molecule has 0 aliphatic carbocycles. The van der Waals surface area contributed by atoms with Crippen LogP contribution in [0.5, 0.6) is 0 Å². The second kappa shape index (κ2) is 3.80. The van der Waals surface area contributed by atoms with Crippen molar-refractivity contribution >= 4 is 54.4 Å². The van der Waals surface area contributed by atoms with Crippen LogP contribution in [0.25, 0.3) is 10.9 Å². The Morgan fingerprint density at radius 2 is 2.00 bits per heavy atom. The minimum Gasteiger partial charge on any atom is -0.255 e. The van der Waals surface area contributed by atoms with Crippen molar-refractivity contribution in [1.82, 2.24) is 4.98 Å². The Balaban J connectivity index is 3.03. The molecule has 0 bridgehead atoms. The van der Waals surface area contributed by atoms with Gasteiger partial charge in [-0.05, 0) is 56.5 Å². The van der Waals surface area contributed by atoms with Gasteiger partial charge in [-0.2, -0.15) is 0 Å². The van der Waals surface area contributed by atoms with Gasteiger partial charge in [-0.25, -0.2) is 0 Å². The maximum absolute atomic E-state index is 6.21. The molecular weight excluding hydrogens is 329 g/mol. The molecule has 0 aliphatic heterocycles. The van der Waals surface area contributed by atoms with E-state index in [1.807, 2.05) is 19.1 Å². The molecule has 0 amide bonds. The van der Waals surface area contributed by atoms with Gasteiger partial charge in [0.2, 0.25) is 0 Å². The molecule has 2 rings (SSSR count). The third-order valence-electron chi connectivity index (χ3n) is 2.04. The fraction of sp³-hybridized carbons (Fsp3) is 0.100. The van der Waals surface area contributed by atoms with E-state index in [2.05, 4.69) is 36.8 Å². The quantitative estimate of drug-likeness (QED) is 0.679. The van der Waals surface area contributed by atoms with Crippen molar-refractivity contribution in [1.29, 1.82) is 0 Å². The Labute approximate surface area is 104 Å². The van der Waals surface area contributed by atoms with Crippen molar-refractivity contribution in [2.24, 2.45) is 0 Å². The highest BCUT2D eigenvalue weighted by Gasteiger charge is 2.10. The topological polar surface area (TPSA) is 12.9 Å². The summed E-state index contributed by atoms with van der Waals surface area (Å²) in [6.45, 7) is 1.98. The number of fused-ring (bicyclic) bond motifs is 1. The van der Waals surface area contributed by atoms with Gasteiger partial charge in [0.05, 0.1) is 10.5 Å². The number of hydrogen-bond acceptors (Lipinski definition) is 1. The van der Waals surface area contributed by atoms with Gasteiger partial charge >= 0.3 is 0 Å². The van der Waals surface area contributed by atoms with Gasteiger partial charge in [-0.3, -0.25) is 4.98 Å². The molecule has 1 heterocycles. The second-order valence-electron chi connectivity index (χ2n) is 3.01. The molecule has 0 radical (unpaired) electrons. The van der Waals surface area contributed by atoms with Crippen LogP contribution < -0.4 is 0 Å². The average Bonchev–Trinajstić information content (AvgIpc) is 2.14. The largest absolute Gasteiger partial charge is 0.255 e. The number of hydrogen-bond donors (Lipinski definition) is 0. The molecule has 0 atom stereocenters. The lowest BCUT2D eigenvalue weighted by Gasteiger charge is -2.07. The molecule has 0 N–H and O–H groups in total. The predicted molar refractivity (Wildman–Crippen MR) is 66.9 cm³/mol. The van der Waals surface area contributed by atoms with Crippen LogP contribution in [0.2, 0.25) is 5.02 Å². The lowest BCUT2D eigenvalue weighted by Crippen LogP contribution is -1.85.